The molecule has 0 aliphatic heterocycles. The van der Waals surface area contributed by atoms with E-state index < -0.39 is 27.5 Å². The zero-order valence-electron chi connectivity index (χ0n) is 8.33. The van der Waals surface area contributed by atoms with Crippen molar-refractivity contribution in [1.82, 2.24) is 0 Å². The molecule has 0 amide bonds. The first kappa shape index (κ1) is 36.0. The average molecular weight is 306 g/mol. The van der Waals surface area contributed by atoms with Gasteiger partial charge < -0.3 is 43.6 Å². The SMILES string of the molecule is O=[Si]([O-])[O-].O=[Si]([O-])[O-].O=[Si]([O-])[O-].[Al+3].[Al+3].[H-].[Na+]. The van der Waals surface area contributed by atoms with Gasteiger partial charge in [-0.05, 0) is 0 Å². The summed E-state index contributed by atoms with van der Waals surface area (Å²) in [6, 6.07) is 0. The van der Waals surface area contributed by atoms with Crippen molar-refractivity contribution in [3.05, 3.63) is 0 Å². The van der Waals surface area contributed by atoms with Crippen LogP contribution in [0.2, 0.25) is 0 Å². The summed E-state index contributed by atoms with van der Waals surface area (Å²) in [6.45, 7) is 0. The molecule has 9 nitrogen and oxygen atoms in total. The Morgan fingerprint density at radius 3 is 0.600 bits per heavy atom. The molecular formula is HAl2NaO9Si3. The Morgan fingerprint density at radius 2 is 0.600 bits per heavy atom. The average Bonchev–Trinajstić information content (AvgIpc) is 1.54. The van der Waals surface area contributed by atoms with Crippen LogP contribution in [0.4, 0.5) is 0 Å². The maximum atomic E-state index is 8.52. The molecular weight excluding hydrogens is 305 g/mol. The van der Waals surface area contributed by atoms with Gasteiger partial charge in [-0.25, -0.2) is 0 Å². The summed E-state index contributed by atoms with van der Waals surface area (Å²) in [6.07, 6.45) is 0. The molecule has 0 saturated heterocycles. The molecule has 0 unspecified atom stereocenters. The van der Waals surface area contributed by atoms with Crippen molar-refractivity contribution in [3.63, 3.8) is 0 Å². The summed E-state index contributed by atoms with van der Waals surface area (Å²) in [7, 11) is -10.9. The van der Waals surface area contributed by atoms with Crippen molar-refractivity contribution in [2.45, 2.75) is 0 Å². The van der Waals surface area contributed by atoms with Gasteiger partial charge in [0, 0.05) is 27.5 Å². The molecule has 74 valence electrons. The van der Waals surface area contributed by atoms with E-state index in [4.69, 9.17) is 42.2 Å². The van der Waals surface area contributed by atoms with Crippen LogP contribution in [-0.2, 0) is 13.4 Å². The Morgan fingerprint density at radius 1 is 0.600 bits per heavy atom. The van der Waals surface area contributed by atoms with Gasteiger partial charge in [0.15, 0.2) is 0 Å². The van der Waals surface area contributed by atoms with Gasteiger partial charge in [0.05, 0.1) is 0 Å². The Balaban J connectivity index is -0.0000000135. The third-order valence-corrected chi connectivity index (χ3v) is 0. The van der Waals surface area contributed by atoms with E-state index in [9.17, 15) is 0 Å². The summed E-state index contributed by atoms with van der Waals surface area (Å²) < 4.78 is 25.6. The van der Waals surface area contributed by atoms with Crippen LogP contribution < -0.4 is 58.3 Å². The van der Waals surface area contributed by atoms with E-state index in [1.54, 1.807) is 0 Å². The van der Waals surface area contributed by atoms with Crippen molar-refractivity contribution < 1.29 is 73.1 Å². The van der Waals surface area contributed by atoms with Gasteiger partial charge >= 0.3 is 64.3 Å². The van der Waals surface area contributed by atoms with E-state index in [0.29, 0.717) is 0 Å². The summed E-state index contributed by atoms with van der Waals surface area (Å²) >= 11 is 0. The summed E-state index contributed by atoms with van der Waals surface area (Å²) in [5.41, 5.74) is 0. The third kappa shape index (κ3) is 2970. The smallest absolute Gasteiger partial charge is 1.00 e. The minimum Gasteiger partial charge on any atom is -1.00 e. The van der Waals surface area contributed by atoms with Gasteiger partial charge in [0.2, 0.25) is 0 Å². The Bertz CT molecular complexity index is 126. The van der Waals surface area contributed by atoms with E-state index in [2.05, 4.69) is 0 Å². The van der Waals surface area contributed by atoms with E-state index in [0.717, 1.165) is 0 Å². The van der Waals surface area contributed by atoms with Crippen LogP contribution in [0.1, 0.15) is 1.43 Å². The van der Waals surface area contributed by atoms with E-state index >= 15 is 0 Å². The molecule has 0 heterocycles. The molecule has 0 aliphatic carbocycles. The molecule has 0 spiro atoms. The van der Waals surface area contributed by atoms with Crippen molar-refractivity contribution >= 4 is 62.2 Å². The monoisotopic (exact) mass is 306 g/mol. The summed E-state index contributed by atoms with van der Waals surface area (Å²) in [4.78, 5) is 51.1. The summed E-state index contributed by atoms with van der Waals surface area (Å²) in [5, 5.41) is 0. The fourth-order valence-electron chi connectivity index (χ4n) is 0. The second-order valence-corrected chi connectivity index (χ2v) is 2.25. The fourth-order valence-corrected chi connectivity index (χ4v) is 0. The van der Waals surface area contributed by atoms with Crippen LogP contribution in [-0.4, -0.2) is 62.2 Å². The molecule has 15 heteroatoms. The van der Waals surface area contributed by atoms with Gasteiger partial charge in [-0.1, -0.05) is 0 Å². The molecule has 0 atom stereocenters. The molecule has 0 aromatic carbocycles. The minimum atomic E-state index is -3.63. The Hall–Kier alpha value is 0.916. The Kier molecular flexibility index (Phi) is 70.5. The van der Waals surface area contributed by atoms with Gasteiger partial charge in [-0.2, -0.15) is 0 Å². The zero-order valence-corrected chi connectivity index (χ0v) is 14.6. The van der Waals surface area contributed by atoms with Gasteiger partial charge in [-0.15, -0.1) is 0 Å². The van der Waals surface area contributed by atoms with Gasteiger partial charge in [-0.3, -0.25) is 0 Å². The van der Waals surface area contributed by atoms with Crippen molar-refractivity contribution in [2.75, 3.05) is 0 Å². The molecule has 0 bridgehead atoms. The number of hydrogen-bond acceptors (Lipinski definition) is 9. The van der Waals surface area contributed by atoms with Crippen molar-refractivity contribution in [2.24, 2.45) is 0 Å². The Labute approximate surface area is 134 Å². The predicted octanol–water partition coefficient (Wildman–Crippen LogP) is -12.3. The normalized spacial score (nSPS) is 4.80. The molecule has 0 aliphatic rings. The van der Waals surface area contributed by atoms with E-state index in [1.807, 2.05) is 0 Å². The standard InChI is InChI=1S/2Al.Na.3O3Si.H/c;;;3*1-4(2)3;/q2*+3;+1;3*-2;-1. The first-order chi connectivity index (χ1) is 5.20. The first-order valence-electron chi connectivity index (χ1n) is 1.84. The van der Waals surface area contributed by atoms with Crippen LogP contribution in [0.15, 0.2) is 0 Å². The second-order valence-electron chi connectivity index (χ2n) is 0.750. The first-order valence-corrected chi connectivity index (χ1v) is 5.51. The van der Waals surface area contributed by atoms with Crippen LogP contribution in [0.3, 0.4) is 0 Å². The van der Waals surface area contributed by atoms with E-state index in [-0.39, 0.29) is 65.7 Å². The largest absolute Gasteiger partial charge is 3.00 e. The zero-order chi connectivity index (χ0) is 10.7. The number of rotatable bonds is 0. The quantitative estimate of drug-likeness (QED) is 0.391. The van der Waals surface area contributed by atoms with Crippen molar-refractivity contribution in [3.8, 4) is 0 Å². The molecule has 15 heavy (non-hydrogen) atoms. The third-order valence-electron chi connectivity index (χ3n) is 0. The predicted molar refractivity (Wildman–Crippen MR) is 31.9 cm³/mol. The molecule has 0 aromatic rings. The van der Waals surface area contributed by atoms with Crippen LogP contribution in [0.25, 0.3) is 0 Å². The van der Waals surface area contributed by atoms with E-state index in [1.165, 1.54) is 0 Å². The maximum Gasteiger partial charge on any atom is 3.00 e. The van der Waals surface area contributed by atoms with Crippen LogP contribution >= 0.6 is 0 Å². The summed E-state index contributed by atoms with van der Waals surface area (Å²) in [5.74, 6) is 0. The minimum absolute atomic E-state index is 0. The molecule has 0 saturated carbocycles. The van der Waals surface area contributed by atoms with Crippen molar-refractivity contribution in [1.29, 1.82) is 0 Å². The van der Waals surface area contributed by atoms with Crippen LogP contribution in [0.5, 0.6) is 0 Å². The fraction of sp³-hybridized carbons (Fsp3) is 0. The number of hydrogen-bond donors (Lipinski definition) is 0. The van der Waals surface area contributed by atoms with Gasteiger partial charge in [0.1, 0.15) is 0 Å². The molecule has 0 aromatic heterocycles. The molecule has 0 N–H and O–H groups in total. The topological polar surface area (TPSA) is 190 Å². The molecule has 0 rings (SSSR count). The van der Waals surface area contributed by atoms with Gasteiger partial charge in [0.25, 0.3) is 0 Å². The molecule has 0 fully saturated rings. The second kappa shape index (κ2) is 29.4. The maximum absolute atomic E-state index is 8.52. The molecule has 0 radical (unpaired) electrons. The van der Waals surface area contributed by atoms with Crippen LogP contribution in [0, 0.1) is 0 Å².